The molecule has 0 fully saturated rings. The van der Waals surface area contributed by atoms with Crippen molar-refractivity contribution in [2.45, 2.75) is 52.4 Å². The molecule has 14 heavy (non-hydrogen) atoms. The predicted octanol–water partition coefficient (Wildman–Crippen LogP) is 3.62. The molecule has 1 N–H and O–H groups in total. The molecule has 0 bridgehead atoms. The summed E-state index contributed by atoms with van der Waals surface area (Å²) < 4.78 is 0. The number of allylic oxidation sites excluding steroid dienone is 1. The fourth-order valence-corrected chi connectivity index (χ4v) is 1.44. The van der Waals surface area contributed by atoms with Gasteiger partial charge in [0, 0.05) is 6.08 Å². The van der Waals surface area contributed by atoms with Gasteiger partial charge in [0.15, 0.2) is 0 Å². The molecule has 0 saturated heterocycles. The lowest BCUT2D eigenvalue weighted by Crippen LogP contribution is -1.94. The number of rotatable bonds is 8. The van der Waals surface area contributed by atoms with Crippen LogP contribution < -0.4 is 0 Å². The first-order chi connectivity index (χ1) is 6.66. The lowest BCUT2D eigenvalue weighted by atomic mass is 9.99. The molecule has 0 aliphatic rings. The smallest absolute Gasteiger partial charge is 0.327 e. The van der Waals surface area contributed by atoms with E-state index in [0.29, 0.717) is 5.92 Å². The number of carboxylic acids is 1. The Morgan fingerprint density at radius 3 is 2.64 bits per heavy atom. The van der Waals surface area contributed by atoms with Gasteiger partial charge in [0.05, 0.1) is 0 Å². The van der Waals surface area contributed by atoms with Crippen molar-refractivity contribution in [3.8, 4) is 0 Å². The normalized spacial score (nSPS) is 13.3. The van der Waals surface area contributed by atoms with Gasteiger partial charge in [-0.2, -0.15) is 0 Å². The molecule has 0 amide bonds. The highest BCUT2D eigenvalue weighted by molar-refractivity contribution is 5.79. The molecule has 2 nitrogen and oxygen atoms in total. The van der Waals surface area contributed by atoms with Crippen molar-refractivity contribution in [3.63, 3.8) is 0 Å². The van der Waals surface area contributed by atoms with Gasteiger partial charge in [-0.25, -0.2) is 4.79 Å². The molecule has 0 aromatic carbocycles. The highest BCUT2D eigenvalue weighted by atomic mass is 16.4. The summed E-state index contributed by atoms with van der Waals surface area (Å²) in [6.45, 7) is 4.39. The maximum absolute atomic E-state index is 10.2. The highest BCUT2D eigenvalue weighted by Gasteiger charge is 1.99. The Hall–Kier alpha value is -0.790. The van der Waals surface area contributed by atoms with Crippen LogP contribution in [0.25, 0.3) is 0 Å². The minimum atomic E-state index is -0.844. The summed E-state index contributed by atoms with van der Waals surface area (Å²) in [6.07, 6.45) is 10.3. The molecule has 0 aliphatic carbocycles. The fraction of sp³-hybridized carbons (Fsp3) is 0.750. The van der Waals surface area contributed by atoms with Gasteiger partial charge in [-0.3, -0.25) is 0 Å². The molecule has 0 rings (SSSR count). The second kappa shape index (κ2) is 8.79. The van der Waals surface area contributed by atoms with E-state index in [1.165, 1.54) is 38.2 Å². The number of carboxylic acid groups (broad SMARTS) is 1. The van der Waals surface area contributed by atoms with Gasteiger partial charge in [-0.05, 0) is 12.3 Å². The van der Waals surface area contributed by atoms with Crippen LogP contribution >= 0.6 is 0 Å². The third-order valence-corrected chi connectivity index (χ3v) is 2.35. The Kier molecular flexibility index (Phi) is 8.30. The second-order valence-electron chi connectivity index (χ2n) is 3.93. The molecule has 0 aromatic rings. The minimum absolute atomic E-state index is 0.613. The van der Waals surface area contributed by atoms with Gasteiger partial charge >= 0.3 is 5.97 Å². The van der Waals surface area contributed by atoms with Crippen LogP contribution in [0.4, 0.5) is 0 Å². The van der Waals surface area contributed by atoms with E-state index in [1.54, 1.807) is 6.08 Å². The van der Waals surface area contributed by atoms with E-state index in [9.17, 15) is 4.79 Å². The average molecular weight is 198 g/mol. The molecule has 0 radical (unpaired) electrons. The number of hydrogen-bond donors (Lipinski definition) is 1. The highest BCUT2D eigenvalue weighted by Crippen LogP contribution is 2.13. The quantitative estimate of drug-likeness (QED) is 0.477. The van der Waals surface area contributed by atoms with E-state index in [-0.39, 0.29) is 0 Å². The summed E-state index contributed by atoms with van der Waals surface area (Å²) in [7, 11) is 0. The molecule has 0 spiro atoms. The van der Waals surface area contributed by atoms with Gasteiger partial charge < -0.3 is 5.11 Å². The van der Waals surface area contributed by atoms with E-state index in [0.717, 1.165) is 6.42 Å². The lowest BCUT2D eigenvalue weighted by Gasteiger charge is -2.07. The van der Waals surface area contributed by atoms with Crippen molar-refractivity contribution in [3.05, 3.63) is 12.2 Å². The zero-order chi connectivity index (χ0) is 10.8. The second-order valence-corrected chi connectivity index (χ2v) is 3.93. The van der Waals surface area contributed by atoms with E-state index in [2.05, 4.69) is 13.8 Å². The van der Waals surface area contributed by atoms with Crippen molar-refractivity contribution in [2.24, 2.45) is 5.92 Å². The Labute approximate surface area is 87.0 Å². The summed E-state index contributed by atoms with van der Waals surface area (Å²) in [6, 6.07) is 0. The van der Waals surface area contributed by atoms with Crippen LogP contribution in [0.15, 0.2) is 12.2 Å². The summed E-state index contributed by atoms with van der Waals surface area (Å²) in [5.41, 5.74) is 0. The topological polar surface area (TPSA) is 37.3 Å². The van der Waals surface area contributed by atoms with Crippen LogP contribution in [0.1, 0.15) is 52.4 Å². The Balaban J connectivity index is 3.36. The van der Waals surface area contributed by atoms with Crippen LogP contribution in [0.2, 0.25) is 0 Å². The first kappa shape index (κ1) is 13.2. The zero-order valence-electron chi connectivity index (χ0n) is 9.33. The summed E-state index contributed by atoms with van der Waals surface area (Å²) in [5, 5.41) is 8.39. The van der Waals surface area contributed by atoms with E-state index < -0.39 is 5.97 Å². The van der Waals surface area contributed by atoms with Gasteiger partial charge in [-0.1, -0.05) is 52.0 Å². The first-order valence-corrected chi connectivity index (χ1v) is 5.56. The molecular formula is C12H22O2. The van der Waals surface area contributed by atoms with Gasteiger partial charge in [0.2, 0.25) is 0 Å². The van der Waals surface area contributed by atoms with Crippen LogP contribution in [-0.2, 0) is 4.79 Å². The molecule has 1 atom stereocenters. The molecule has 0 saturated carbocycles. The van der Waals surface area contributed by atoms with Gasteiger partial charge in [-0.15, -0.1) is 0 Å². The Morgan fingerprint density at radius 2 is 2.07 bits per heavy atom. The zero-order valence-corrected chi connectivity index (χ0v) is 9.33. The van der Waals surface area contributed by atoms with Crippen LogP contribution in [-0.4, -0.2) is 11.1 Å². The van der Waals surface area contributed by atoms with Gasteiger partial charge in [0.1, 0.15) is 0 Å². The average Bonchev–Trinajstić information content (AvgIpc) is 2.12. The number of unbranched alkanes of at least 4 members (excludes halogenated alkanes) is 3. The molecule has 82 valence electrons. The molecule has 1 unspecified atom stereocenters. The van der Waals surface area contributed by atoms with Crippen molar-refractivity contribution in [1.82, 2.24) is 0 Å². The van der Waals surface area contributed by atoms with Crippen molar-refractivity contribution in [2.75, 3.05) is 0 Å². The molecular weight excluding hydrogens is 176 g/mol. The fourth-order valence-electron chi connectivity index (χ4n) is 1.44. The largest absolute Gasteiger partial charge is 0.478 e. The first-order valence-electron chi connectivity index (χ1n) is 5.56. The van der Waals surface area contributed by atoms with Crippen molar-refractivity contribution < 1.29 is 9.90 Å². The maximum atomic E-state index is 10.2. The molecule has 0 heterocycles. The Bertz CT molecular complexity index is 173. The third kappa shape index (κ3) is 9.30. The molecule has 0 aliphatic heterocycles. The predicted molar refractivity (Wildman–Crippen MR) is 59.3 cm³/mol. The van der Waals surface area contributed by atoms with E-state index >= 15 is 0 Å². The van der Waals surface area contributed by atoms with Crippen LogP contribution in [0.3, 0.4) is 0 Å². The summed E-state index contributed by atoms with van der Waals surface area (Å²) in [4.78, 5) is 10.2. The number of aliphatic carboxylic acids is 1. The monoisotopic (exact) mass is 198 g/mol. The standard InChI is InChI=1S/C12H22O2/c1-3-4-5-6-8-11(2)9-7-10-12(13)14/h7,10-11H,3-6,8-9H2,1-2H3,(H,13,14). The van der Waals surface area contributed by atoms with Gasteiger partial charge in [0.25, 0.3) is 0 Å². The summed E-state index contributed by atoms with van der Waals surface area (Å²) >= 11 is 0. The third-order valence-electron chi connectivity index (χ3n) is 2.35. The number of carbonyl (C=O) groups is 1. The van der Waals surface area contributed by atoms with Crippen LogP contribution in [0, 0.1) is 5.92 Å². The number of hydrogen-bond acceptors (Lipinski definition) is 1. The molecule has 2 heteroatoms. The Morgan fingerprint density at radius 1 is 1.36 bits per heavy atom. The molecule has 0 aromatic heterocycles. The van der Waals surface area contributed by atoms with Crippen molar-refractivity contribution in [1.29, 1.82) is 0 Å². The van der Waals surface area contributed by atoms with Crippen LogP contribution in [0.5, 0.6) is 0 Å². The van der Waals surface area contributed by atoms with Crippen molar-refractivity contribution >= 4 is 5.97 Å². The van der Waals surface area contributed by atoms with E-state index in [1.807, 2.05) is 0 Å². The minimum Gasteiger partial charge on any atom is -0.478 e. The lowest BCUT2D eigenvalue weighted by molar-refractivity contribution is -0.131. The maximum Gasteiger partial charge on any atom is 0.327 e. The van der Waals surface area contributed by atoms with E-state index in [4.69, 9.17) is 5.11 Å². The summed E-state index contributed by atoms with van der Waals surface area (Å²) in [5.74, 6) is -0.231. The SMILES string of the molecule is CCCCCCC(C)CC=CC(=O)O.